The molecule has 2 aliphatic heterocycles. The van der Waals surface area contributed by atoms with E-state index in [1.807, 2.05) is 60.7 Å². The van der Waals surface area contributed by atoms with Gasteiger partial charge in [0.25, 0.3) is 0 Å². The minimum Gasteiger partial charge on any atom is -0.352 e. The van der Waals surface area contributed by atoms with E-state index in [1.54, 1.807) is 9.80 Å². The van der Waals surface area contributed by atoms with Gasteiger partial charge in [0.15, 0.2) is 0 Å². The molecule has 2 atom stereocenters. The summed E-state index contributed by atoms with van der Waals surface area (Å²) in [7, 11) is 0. The maximum atomic E-state index is 13.4. The van der Waals surface area contributed by atoms with Crippen molar-refractivity contribution < 1.29 is 19.2 Å². The number of nitrogens with one attached hydrogen (secondary N) is 2. The standard InChI is InChI=1S/C50H72N6O4/c1-3-5-7-9-11-13-21-27-47(57)51-43(33-41-23-17-15-18-24-41)35-53-37-49(59)55(39-53)45-29-31-46(32-30-45)56-40-54(38-50(56)60)36-44(34-42-25-19-16-20-26-42)52-48(58)28-22-14-12-10-8-6-4-2/h15-20,23-26,29-32,43-44H,3-14,21-22,27-28,33-40H2,1-2H3,(H,51,57)(H,52,58)/t43-,44-/m0/s1. The molecule has 326 valence electrons. The molecule has 2 saturated heterocycles. The molecule has 0 aromatic heterocycles. The molecule has 3 aromatic carbocycles. The van der Waals surface area contributed by atoms with Crippen LogP contribution in [0.5, 0.6) is 0 Å². The average molecular weight is 821 g/mol. The number of nitrogens with zero attached hydrogens (tertiary/aromatic N) is 4. The van der Waals surface area contributed by atoms with E-state index < -0.39 is 0 Å². The van der Waals surface area contributed by atoms with E-state index in [4.69, 9.17) is 0 Å². The quantitative estimate of drug-likeness (QED) is 0.0712. The van der Waals surface area contributed by atoms with Crippen LogP contribution in [-0.2, 0) is 32.0 Å². The summed E-state index contributed by atoms with van der Waals surface area (Å²) in [4.78, 5) is 60.7. The number of carbonyl (C=O) groups is 4. The number of amides is 4. The Bertz CT molecular complexity index is 1590. The zero-order valence-corrected chi connectivity index (χ0v) is 36.6. The summed E-state index contributed by atoms with van der Waals surface area (Å²) in [6.45, 7) is 7.01. The molecule has 3 aromatic rings. The number of hydrogen-bond donors (Lipinski definition) is 2. The smallest absolute Gasteiger partial charge is 0.242 e. The fraction of sp³-hybridized carbons (Fsp3) is 0.560. The molecule has 5 rings (SSSR count). The Morgan fingerprint density at radius 2 is 0.850 bits per heavy atom. The van der Waals surface area contributed by atoms with Crippen molar-refractivity contribution in [2.75, 3.05) is 49.3 Å². The van der Waals surface area contributed by atoms with Crippen LogP contribution in [-0.4, -0.2) is 85.0 Å². The molecule has 0 bridgehead atoms. The highest BCUT2D eigenvalue weighted by atomic mass is 16.2. The van der Waals surface area contributed by atoms with E-state index in [1.165, 1.54) is 64.2 Å². The van der Waals surface area contributed by atoms with Gasteiger partial charge in [-0.25, -0.2) is 0 Å². The second kappa shape index (κ2) is 25.9. The lowest BCUT2D eigenvalue weighted by Gasteiger charge is -2.26. The van der Waals surface area contributed by atoms with Gasteiger partial charge in [-0.05, 0) is 61.1 Å². The van der Waals surface area contributed by atoms with Crippen molar-refractivity contribution in [2.24, 2.45) is 0 Å². The highest BCUT2D eigenvalue weighted by Gasteiger charge is 2.33. The number of unbranched alkanes of at least 4 members (excludes halogenated alkanes) is 12. The minimum atomic E-state index is -0.116. The zero-order valence-electron chi connectivity index (χ0n) is 36.6. The maximum absolute atomic E-state index is 13.4. The third-order valence-corrected chi connectivity index (χ3v) is 11.8. The SMILES string of the molecule is CCCCCCCCCC(=O)N[C@@H](Cc1ccccc1)CN1CC(=O)N(c2ccc(N3CN(C[C@H](Cc4ccccc4)NC(=O)CCCCCCCCC)CC3=O)cc2)C1. The third kappa shape index (κ3) is 16.1. The second-order valence-corrected chi connectivity index (χ2v) is 17.1. The van der Waals surface area contributed by atoms with Crippen LogP contribution in [0.3, 0.4) is 0 Å². The van der Waals surface area contributed by atoms with Gasteiger partial charge in [0.05, 0.1) is 26.4 Å². The van der Waals surface area contributed by atoms with Crippen LogP contribution >= 0.6 is 0 Å². The van der Waals surface area contributed by atoms with Gasteiger partial charge in [0, 0.05) is 49.4 Å². The Hall–Kier alpha value is -4.54. The number of anilines is 2. The lowest BCUT2D eigenvalue weighted by molar-refractivity contribution is -0.123. The predicted octanol–water partition coefficient (Wildman–Crippen LogP) is 8.64. The van der Waals surface area contributed by atoms with Gasteiger partial charge >= 0.3 is 0 Å². The highest BCUT2D eigenvalue weighted by Crippen LogP contribution is 2.26. The van der Waals surface area contributed by atoms with Crippen LogP contribution in [0.25, 0.3) is 0 Å². The first kappa shape index (κ1) is 46.5. The zero-order chi connectivity index (χ0) is 42.4. The van der Waals surface area contributed by atoms with Gasteiger partial charge in [-0.3, -0.25) is 38.8 Å². The summed E-state index contributed by atoms with van der Waals surface area (Å²) in [6, 6.07) is 27.9. The van der Waals surface area contributed by atoms with Crippen LogP contribution in [0.15, 0.2) is 84.9 Å². The van der Waals surface area contributed by atoms with Crippen LogP contribution in [0.2, 0.25) is 0 Å². The van der Waals surface area contributed by atoms with Gasteiger partial charge < -0.3 is 10.6 Å². The fourth-order valence-electron chi connectivity index (χ4n) is 8.55. The molecule has 10 nitrogen and oxygen atoms in total. The fourth-order valence-corrected chi connectivity index (χ4v) is 8.55. The highest BCUT2D eigenvalue weighted by molar-refractivity contribution is 5.98. The molecule has 0 radical (unpaired) electrons. The number of rotatable bonds is 28. The van der Waals surface area contributed by atoms with Crippen LogP contribution in [0, 0.1) is 0 Å². The summed E-state index contributed by atoms with van der Waals surface area (Å²) in [5, 5.41) is 6.59. The van der Waals surface area contributed by atoms with Gasteiger partial charge in [-0.15, -0.1) is 0 Å². The Morgan fingerprint density at radius 1 is 0.500 bits per heavy atom. The maximum Gasteiger partial charge on any atom is 0.242 e. The number of carbonyl (C=O) groups excluding carboxylic acids is 4. The summed E-state index contributed by atoms with van der Waals surface area (Å²) < 4.78 is 0. The molecule has 2 fully saturated rings. The van der Waals surface area contributed by atoms with Crippen molar-refractivity contribution in [3.8, 4) is 0 Å². The molecule has 0 unspecified atom stereocenters. The predicted molar refractivity (Wildman–Crippen MR) is 244 cm³/mol. The Morgan fingerprint density at radius 3 is 1.22 bits per heavy atom. The first-order valence-corrected chi connectivity index (χ1v) is 23.1. The molecule has 10 heteroatoms. The first-order valence-electron chi connectivity index (χ1n) is 23.1. The van der Waals surface area contributed by atoms with Crippen molar-refractivity contribution in [3.63, 3.8) is 0 Å². The van der Waals surface area contributed by atoms with Crippen molar-refractivity contribution in [2.45, 2.75) is 142 Å². The molecule has 4 amide bonds. The van der Waals surface area contributed by atoms with E-state index >= 15 is 0 Å². The van der Waals surface area contributed by atoms with Crippen LogP contribution in [0.1, 0.15) is 128 Å². The topological polar surface area (TPSA) is 105 Å². The van der Waals surface area contributed by atoms with Crippen LogP contribution < -0.4 is 20.4 Å². The largest absolute Gasteiger partial charge is 0.352 e. The average Bonchev–Trinajstić information content (AvgIpc) is 3.80. The molecule has 2 N–H and O–H groups in total. The normalized spacial score (nSPS) is 15.8. The lowest BCUT2D eigenvalue weighted by Crippen LogP contribution is -2.45. The van der Waals surface area contributed by atoms with Gasteiger partial charge in [0.2, 0.25) is 23.6 Å². The van der Waals surface area contributed by atoms with Gasteiger partial charge in [-0.1, -0.05) is 152 Å². The lowest BCUT2D eigenvalue weighted by atomic mass is 10.0. The van der Waals surface area contributed by atoms with Crippen molar-refractivity contribution in [3.05, 3.63) is 96.1 Å². The molecule has 0 aliphatic carbocycles. The van der Waals surface area contributed by atoms with Crippen molar-refractivity contribution in [1.82, 2.24) is 20.4 Å². The Kier molecular flexibility index (Phi) is 20.1. The monoisotopic (exact) mass is 821 g/mol. The van der Waals surface area contributed by atoms with Crippen molar-refractivity contribution >= 4 is 35.0 Å². The Balaban J connectivity index is 1.13. The molecular formula is C50H72N6O4. The van der Waals surface area contributed by atoms with Crippen molar-refractivity contribution in [1.29, 1.82) is 0 Å². The Labute approximate surface area is 360 Å². The van der Waals surface area contributed by atoms with E-state index in [2.05, 4.69) is 58.5 Å². The van der Waals surface area contributed by atoms with E-state index in [-0.39, 0.29) is 48.8 Å². The van der Waals surface area contributed by atoms with E-state index in [0.29, 0.717) is 52.1 Å². The van der Waals surface area contributed by atoms with E-state index in [0.717, 1.165) is 48.2 Å². The summed E-state index contributed by atoms with van der Waals surface area (Å²) in [6.07, 6.45) is 18.8. The van der Waals surface area contributed by atoms with Gasteiger partial charge in [0.1, 0.15) is 0 Å². The second-order valence-electron chi connectivity index (χ2n) is 17.1. The van der Waals surface area contributed by atoms with Crippen LogP contribution in [0.4, 0.5) is 11.4 Å². The summed E-state index contributed by atoms with van der Waals surface area (Å²) in [5.41, 5.74) is 3.87. The van der Waals surface area contributed by atoms with E-state index in [9.17, 15) is 19.2 Å². The minimum absolute atomic E-state index is 0.0116. The molecular weight excluding hydrogens is 749 g/mol. The number of hydrogen-bond acceptors (Lipinski definition) is 6. The molecule has 0 spiro atoms. The molecule has 2 heterocycles. The molecule has 2 aliphatic rings. The summed E-state index contributed by atoms with van der Waals surface area (Å²) >= 11 is 0. The molecule has 60 heavy (non-hydrogen) atoms. The number of benzene rings is 3. The summed E-state index contributed by atoms with van der Waals surface area (Å²) in [5.74, 6) is 0.176. The molecule has 0 saturated carbocycles. The first-order chi connectivity index (χ1) is 29.3. The third-order valence-electron chi connectivity index (χ3n) is 11.8. The van der Waals surface area contributed by atoms with Gasteiger partial charge in [-0.2, -0.15) is 0 Å².